The summed E-state index contributed by atoms with van der Waals surface area (Å²) in [5.41, 5.74) is 1.23. The molecule has 3 rings (SSSR count). The molecule has 0 aromatic carbocycles. The van der Waals surface area contributed by atoms with Crippen LogP contribution in [-0.2, 0) is 23.6 Å². The van der Waals surface area contributed by atoms with Crippen molar-refractivity contribution in [1.82, 2.24) is 29.0 Å². The summed E-state index contributed by atoms with van der Waals surface area (Å²) in [5.74, 6) is 0.740. The molecule has 1 saturated heterocycles. The van der Waals surface area contributed by atoms with E-state index in [1.54, 1.807) is 22.1 Å². The standard InChI is InChI=1S/C15H24N6O2S/c1-5-20-12(3)14(11(2)18-20)24(22,23)21-9-6-16-10-13(21)15-17-7-8-19(15)4/h7-8,13,16H,5-6,9-10H2,1-4H3. The Morgan fingerprint density at radius 3 is 2.71 bits per heavy atom. The summed E-state index contributed by atoms with van der Waals surface area (Å²) in [5, 5.41) is 7.64. The molecule has 24 heavy (non-hydrogen) atoms. The minimum absolute atomic E-state index is 0.324. The molecule has 2 aromatic heterocycles. The Labute approximate surface area is 142 Å². The van der Waals surface area contributed by atoms with Gasteiger partial charge < -0.3 is 9.88 Å². The van der Waals surface area contributed by atoms with E-state index in [-0.39, 0.29) is 6.04 Å². The maximum absolute atomic E-state index is 13.4. The zero-order valence-corrected chi connectivity index (χ0v) is 15.3. The molecule has 132 valence electrons. The van der Waals surface area contributed by atoms with Gasteiger partial charge in [0.25, 0.3) is 0 Å². The summed E-state index contributed by atoms with van der Waals surface area (Å²) in [6.07, 6.45) is 3.53. The van der Waals surface area contributed by atoms with Crippen molar-refractivity contribution in [3.63, 3.8) is 0 Å². The van der Waals surface area contributed by atoms with Gasteiger partial charge in [-0.25, -0.2) is 13.4 Å². The van der Waals surface area contributed by atoms with Crippen molar-refractivity contribution in [3.05, 3.63) is 29.6 Å². The van der Waals surface area contributed by atoms with E-state index in [2.05, 4.69) is 15.4 Å². The third-order valence-electron chi connectivity index (χ3n) is 4.53. The number of nitrogens with one attached hydrogen (secondary N) is 1. The molecular formula is C15H24N6O2S. The van der Waals surface area contributed by atoms with E-state index in [0.717, 1.165) is 5.82 Å². The number of piperazine rings is 1. The van der Waals surface area contributed by atoms with Gasteiger partial charge in [0.15, 0.2) is 0 Å². The highest BCUT2D eigenvalue weighted by Gasteiger charge is 2.39. The Morgan fingerprint density at radius 2 is 2.12 bits per heavy atom. The van der Waals surface area contributed by atoms with Crippen molar-refractivity contribution in [1.29, 1.82) is 0 Å². The van der Waals surface area contributed by atoms with Gasteiger partial charge in [0.2, 0.25) is 10.0 Å². The number of nitrogens with zero attached hydrogens (tertiary/aromatic N) is 5. The van der Waals surface area contributed by atoms with Crippen LogP contribution < -0.4 is 5.32 Å². The van der Waals surface area contributed by atoms with Gasteiger partial charge >= 0.3 is 0 Å². The first-order valence-electron chi connectivity index (χ1n) is 8.11. The zero-order chi connectivity index (χ0) is 17.5. The predicted molar refractivity (Wildman–Crippen MR) is 90.1 cm³/mol. The lowest BCUT2D eigenvalue weighted by atomic mass is 10.2. The largest absolute Gasteiger partial charge is 0.337 e. The van der Waals surface area contributed by atoms with Crippen molar-refractivity contribution in [2.75, 3.05) is 19.6 Å². The van der Waals surface area contributed by atoms with Crippen LogP contribution in [0.5, 0.6) is 0 Å². The van der Waals surface area contributed by atoms with Crippen LogP contribution in [-0.4, -0.2) is 51.7 Å². The number of sulfonamides is 1. The minimum Gasteiger partial charge on any atom is -0.337 e. The molecule has 2 aromatic rings. The van der Waals surface area contributed by atoms with Crippen LogP contribution in [0.4, 0.5) is 0 Å². The number of hydrogen-bond donors (Lipinski definition) is 1. The van der Waals surface area contributed by atoms with E-state index >= 15 is 0 Å². The van der Waals surface area contributed by atoms with Gasteiger partial charge in [-0.1, -0.05) is 0 Å². The highest BCUT2D eigenvalue weighted by atomic mass is 32.2. The predicted octanol–water partition coefficient (Wildman–Crippen LogP) is 0.589. The van der Waals surface area contributed by atoms with Gasteiger partial charge in [-0.15, -0.1) is 0 Å². The second kappa shape index (κ2) is 6.30. The summed E-state index contributed by atoms with van der Waals surface area (Å²) in [6, 6.07) is -0.326. The fraction of sp³-hybridized carbons (Fsp3) is 0.600. The van der Waals surface area contributed by atoms with Crippen molar-refractivity contribution in [2.24, 2.45) is 7.05 Å². The van der Waals surface area contributed by atoms with Gasteiger partial charge in [-0.05, 0) is 20.8 Å². The molecule has 1 atom stereocenters. The molecule has 0 spiro atoms. The molecule has 1 aliphatic heterocycles. The van der Waals surface area contributed by atoms with Gasteiger partial charge in [-0.3, -0.25) is 4.68 Å². The Hall–Kier alpha value is -1.71. The molecule has 9 heteroatoms. The maximum atomic E-state index is 13.4. The molecule has 0 bridgehead atoms. The summed E-state index contributed by atoms with van der Waals surface area (Å²) in [6.45, 7) is 7.75. The number of rotatable bonds is 4. The van der Waals surface area contributed by atoms with Crippen molar-refractivity contribution >= 4 is 10.0 Å². The summed E-state index contributed by atoms with van der Waals surface area (Å²) in [7, 11) is -1.77. The molecule has 1 aliphatic rings. The fourth-order valence-electron chi connectivity index (χ4n) is 3.37. The molecule has 0 saturated carbocycles. The molecule has 0 radical (unpaired) electrons. The van der Waals surface area contributed by atoms with Crippen LogP contribution in [0.25, 0.3) is 0 Å². The van der Waals surface area contributed by atoms with Crippen molar-refractivity contribution in [3.8, 4) is 0 Å². The number of imidazole rings is 1. The fourth-order valence-corrected chi connectivity index (χ4v) is 5.33. The summed E-state index contributed by atoms with van der Waals surface area (Å²) >= 11 is 0. The van der Waals surface area contributed by atoms with Gasteiger partial charge in [0.1, 0.15) is 10.7 Å². The first-order valence-corrected chi connectivity index (χ1v) is 9.55. The topological polar surface area (TPSA) is 85.1 Å². The SMILES string of the molecule is CCn1nc(C)c(S(=O)(=O)N2CCNCC2c2nccn2C)c1C. The molecule has 0 amide bonds. The van der Waals surface area contributed by atoms with E-state index in [0.29, 0.717) is 42.5 Å². The molecule has 3 heterocycles. The average Bonchev–Trinajstić information content (AvgIpc) is 3.10. The van der Waals surface area contributed by atoms with Gasteiger partial charge in [0, 0.05) is 45.6 Å². The van der Waals surface area contributed by atoms with Gasteiger partial charge in [0.05, 0.1) is 17.4 Å². The highest BCUT2D eigenvalue weighted by Crippen LogP contribution is 2.31. The van der Waals surface area contributed by atoms with E-state index in [1.807, 2.05) is 31.7 Å². The Morgan fingerprint density at radius 1 is 1.38 bits per heavy atom. The monoisotopic (exact) mass is 352 g/mol. The molecule has 1 N–H and O–H groups in total. The third kappa shape index (κ3) is 2.66. The van der Waals surface area contributed by atoms with Crippen LogP contribution in [0, 0.1) is 13.8 Å². The lowest BCUT2D eigenvalue weighted by molar-refractivity contribution is 0.258. The Balaban J connectivity index is 2.07. The quantitative estimate of drug-likeness (QED) is 0.870. The molecular weight excluding hydrogens is 328 g/mol. The Kier molecular flexibility index (Phi) is 4.50. The molecule has 0 aliphatic carbocycles. The zero-order valence-electron chi connectivity index (χ0n) is 14.5. The first-order chi connectivity index (χ1) is 11.4. The van der Waals surface area contributed by atoms with Crippen LogP contribution in [0.1, 0.15) is 30.2 Å². The van der Waals surface area contributed by atoms with Crippen molar-refractivity contribution in [2.45, 2.75) is 38.3 Å². The minimum atomic E-state index is -3.65. The number of aromatic nitrogens is 4. The lowest BCUT2D eigenvalue weighted by Gasteiger charge is -2.34. The van der Waals surface area contributed by atoms with Crippen LogP contribution in [0.2, 0.25) is 0 Å². The number of aryl methyl sites for hydroxylation is 3. The number of hydrogen-bond acceptors (Lipinski definition) is 5. The third-order valence-corrected chi connectivity index (χ3v) is 6.69. The van der Waals surface area contributed by atoms with Crippen LogP contribution in [0.3, 0.4) is 0 Å². The van der Waals surface area contributed by atoms with Crippen molar-refractivity contribution < 1.29 is 8.42 Å². The van der Waals surface area contributed by atoms with Gasteiger partial charge in [-0.2, -0.15) is 9.40 Å². The molecule has 1 unspecified atom stereocenters. The van der Waals surface area contributed by atoms with E-state index in [9.17, 15) is 8.42 Å². The normalized spacial score (nSPS) is 19.8. The Bertz CT molecular complexity index is 838. The lowest BCUT2D eigenvalue weighted by Crippen LogP contribution is -2.49. The summed E-state index contributed by atoms with van der Waals surface area (Å²) < 4.78 is 31.9. The maximum Gasteiger partial charge on any atom is 0.247 e. The molecule has 8 nitrogen and oxygen atoms in total. The average molecular weight is 352 g/mol. The van der Waals surface area contributed by atoms with E-state index < -0.39 is 10.0 Å². The van der Waals surface area contributed by atoms with E-state index in [4.69, 9.17) is 0 Å². The summed E-state index contributed by atoms with van der Waals surface area (Å²) in [4.78, 5) is 4.68. The van der Waals surface area contributed by atoms with Crippen LogP contribution >= 0.6 is 0 Å². The highest BCUT2D eigenvalue weighted by molar-refractivity contribution is 7.89. The van der Waals surface area contributed by atoms with Crippen LogP contribution in [0.15, 0.2) is 17.3 Å². The molecule has 1 fully saturated rings. The second-order valence-corrected chi connectivity index (χ2v) is 7.88. The first kappa shape index (κ1) is 17.1. The van der Waals surface area contributed by atoms with E-state index in [1.165, 1.54) is 0 Å². The smallest absolute Gasteiger partial charge is 0.247 e. The second-order valence-electron chi connectivity index (χ2n) is 6.05.